The van der Waals surface area contributed by atoms with Gasteiger partial charge in [0.1, 0.15) is 6.10 Å². The molecule has 1 aliphatic rings. The molecule has 3 nitrogen and oxygen atoms in total. The van der Waals surface area contributed by atoms with Crippen LogP contribution in [0, 0.1) is 6.92 Å². The summed E-state index contributed by atoms with van der Waals surface area (Å²) >= 11 is 0. The van der Waals surface area contributed by atoms with Crippen LogP contribution in [-0.2, 0) is 0 Å². The van der Waals surface area contributed by atoms with Gasteiger partial charge in [-0.05, 0) is 32.4 Å². The molecule has 1 atom stereocenters. The molecule has 0 saturated carbocycles. The fourth-order valence-electron chi connectivity index (χ4n) is 1.67. The smallest absolute Gasteiger partial charge is 0.213 e. The Kier molecular flexibility index (Phi) is 2.99. The van der Waals surface area contributed by atoms with E-state index in [0.717, 1.165) is 31.1 Å². The lowest BCUT2D eigenvalue weighted by atomic mass is 10.1. The fraction of sp³-hybridized carbons (Fsp3) is 0.545. The largest absolute Gasteiger partial charge is 0.473 e. The van der Waals surface area contributed by atoms with E-state index in [4.69, 9.17) is 4.74 Å². The Bertz CT molecular complexity index is 295. The highest BCUT2D eigenvalue weighted by Crippen LogP contribution is 2.13. The first kappa shape index (κ1) is 9.46. The molecule has 1 aromatic heterocycles. The summed E-state index contributed by atoms with van der Waals surface area (Å²) in [7, 11) is 0. The molecule has 0 radical (unpaired) electrons. The standard InChI is InChI=1S/C11H16N2O/c1-9-4-2-6-11(13-9)14-10-5-3-7-12-8-10/h2,4,6,10,12H,3,5,7-8H2,1H3. The Hall–Kier alpha value is -1.09. The van der Waals surface area contributed by atoms with E-state index in [1.165, 1.54) is 6.42 Å². The molecule has 1 fully saturated rings. The van der Waals surface area contributed by atoms with E-state index in [9.17, 15) is 0 Å². The monoisotopic (exact) mass is 192 g/mol. The average molecular weight is 192 g/mol. The second kappa shape index (κ2) is 4.42. The summed E-state index contributed by atoms with van der Waals surface area (Å²) in [4.78, 5) is 4.32. The van der Waals surface area contributed by atoms with Crippen molar-refractivity contribution in [2.75, 3.05) is 13.1 Å². The lowest BCUT2D eigenvalue weighted by Gasteiger charge is -2.23. The highest BCUT2D eigenvalue weighted by Gasteiger charge is 2.14. The van der Waals surface area contributed by atoms with Crippen LogP contribution in [0.3, 0.4) is 0 Å². The molecule has 0 aliphatic carbocycles. The summed E-state index contributed by atoms with van der Waals surface area (Å²) in [5.74, 6) is 0.749. The number of rotatable bonds is 2. The predicted octanol–water partition coefficient (Wildman–Crippen LogP) is 1.52. The first-order valence-electron chi connectivity index (χ1n) is 5.15. The zero-order chi connectivity index (χ0) is 9.80. The van der Waals surface area contributed by atoms with Gasteiger partial charge in [-0.15, -0.1) is 0 Å². The first-order chi connectivity index (χ1) is 6.84. The molecule has 2 heterocycles. The molecular weight excluding hydrogens is 176 g/mol. The van der Waals surface area contributed by atoms with Gasteiger partial charge in [0.05, 0.1) is 0 Å². The zero-order valence-electron chi connectivity index (χ0n) is 8.49. The van der Waals surface area contributed by atoms with Crippen molar-refractivity contribution >= 4 is 0 Å². The van der Waals surface area contributed by atoms with Gasteiger partial charge in [-0.3, -0.25) is 0 Å². The van der Waals surface area contributed by atoms with Gasteiger partial charge >= 0.3 is 0 Å². The second-order valence-electron chi connectivity index (χ2n) is 3.70. The minimum absolute atomic E-state index is 0.290. The zero-order valence-corrected chi connectivity index (χ0v) is 8.49. The molecular formula is C11H16N2O. The van der Waals surface area contributed by atoms with Crippen LogP contribution in [0.1, 0.15) is 18.5 Å². The van der Waals surface area contributed by atoms with Crippen molar-refractivity contribution in [1.29, 1.82) is 0 Å². The molecule has 1 aliphatic heterocycles. The molecule has 3 heteroatoms. The Morgan fingerprint density at radius 1 is 1.50 bits per heavy atom. The minimum atomic E-state index is 0.290. The normalized spacial score (nSPS) is 21.9. The molecule has 1 aromatic rings. The lowest BCUT2D eigenvalue weighted by Crippen LogP contribution is -2.37. The maximum atomic E-state index is 5.76. The molecule has 0 bridgehead atoms. The number of aromatic nitrogens is 1. The van der Waals surface area contributed by atoms with Crippen LogP contribution >= 0.6 is 0 Å². The van der Waals surface area contributed by atoms with Crippen LogP contribution in [0.15, 0.2) is 18.2 Å². The number of ether oxygens (including phenoxy) is 1. The molecule has 1 unspecified atom stereocenters. The number of nitrogens with zero attached hydrogens (tertiary/aromatic N) is 1. The van der Waals surface area contributed by atoms with Crippen LogP contribution < -0.4 is 10.1 Å². The molecule has 0 amide bonds. The number of aryl methyl sites for hydroxylation is 1. The molecule has 76 valence electrons. The number of hydrogen-bond acceptors (Lipinski definition) is 3. The van der Waals surface area contributed by atoms with Crippen molar-refractivity contribution in [3.63, 3.8) is 0 Å². The molecule has 14 heavy (non-hydrogen) atoms. The van der Waals surface area contributed by atoms with Gasteiger partial charge < -0.3 is 10.1 Å². The highest BCUT2D eigenvalue weighted by atomic mass is 16.5. The predicted molar refractivity (Wildman–Crippen MR) is 55.5 cm³/mol. The van der Waals surface area contributed by atoms with Crippen molar-refractivity contribution in [1.82, 2.24) is 10.3 Å². The Morgan fingerprint density at radius 2 is 2.43 bits per heavy atom. The van der Waals surface area contributed by atoms with E-state index in [-0.39, 0.29) is 6.10 Å². The molecule has 1 N–H and O–H groups in total. The molecule has 0 aromatic carbocycles. The summed E-state index contributed by atoms with van der Waals surface area (Å²) in [5, 5.41) is 3.32. The van der Waals surface area contributed by atoms with Crippen LogP contribution in [0.5, 0.6) is 5.88 Å². The third kappa shape index (κ3) is 2.45. The summed E-state index contributed by atoms with van der Waals surface area (Å²) in [6, 6.07) is 5.88. The Morgan fingerprint density at radius 3 is 3.14 bits per heavy atom. The molecule has 1 saturated heterocycles. The van der Waals surface area contributed by atoms with E-state index in [1.54, 1.807) is 0 Å². The van der Waals surface area contributed by atoms with Crippen LogP contribution in [0.25, 0.3) is 0 Å². The first-order valence-corrected chi connectivity index (χ1v) is 5.15. The van der Waals surface area contributed by atoms with Gasteiger partial charge in [-0.1, -0.05) is 6.07 Å². The van der Waals surface area contributed by atoms with Gasteiger partial charge in [0.2, 0.25) is 5.88 Å². The summed E-state index contributed by atoms with van der Waals surface area (Å²) in [6.45, 7) is 4.03. The van der Waals surface area contributed by atoms with E-state index in [1.807, 2.05) is 25.1 Å². The van der Waals surface area contributed by atoms with E-state index >= 15 is 0 Å². The molecule has 0 spiro atoms. The van der Waals surface area contributed by atoms with Crippen molar-refractivity contribution in [3.8, 4) is 5.88 Å². The van der Waals surface area contributed by atoms with Gasteiger partial charge in [-0.25, -0.2) is 4.98 Å². The summed E-state index contributed by atoms with van der Waals surface area (Å²) in [6.07, 6.45) is 2.61. The van der Waals surface area contributed by atoms with Crippen molar-refractivity contribution < 1.29 is 4.74 Å². The van der Waals surface area contributed by atoms with Crippen LogP contribution in [-0.4, -0.2) is 24.2 Å². The topological polar surface area (TPSA) is 34.1 Å². The summed E-state index contributed by atoms with van der Waals surface area (Å²) in [5.41, 5.74) is 1.01. The van der Waals surface area contributed by atoms with E-state index in [2.05, 4.69) is 10.3 Å². The quantitative estimate of drug-likeness (QED) is 0.771. The van der Waals surface area contributed by atoms with Gasteiger partial charge in [0.25, 0.3) is 0 Å². The van der Waals surface area contributed by atoms with Crippen molar-refractivity contribution in [2.45, 2.75) is 25.9 Å². The number of nitrogens with one attached hydrogen (secondary N) is 1. The second-order valence-corrected chi connectivity index (χ2v) is 3.70. The third-order valence-corrected chi connectivity index (χ3v) is 2.40. The number of hydrogen-bond donors (Lipinski definition) is 1. The Balaban J connectivity index is 1.95. The van der Waals surface area contributed by atoms with Crippen LogP contribution in [0.2, 0.25) is 0 Å². The average Bonchev–Trinajstić information content (AvgIpc) is 2.19. The van der Waals surface area contributed by atoms with Gasteiger partial charge in [0.15, 0.2) is 0 Å². The van der Waals surface area contributed by atoms with Gasteiger partial charge in [0, 0.05) is 18.3 Å². The number of piperidine rings is 1. The van der Waals surface area contributed by atoms with E-state index in [0.29, 0.717) is 0 Å². The van der Waals surface area contributed by atoms with Gasteiger partial charge in [-0.2, -0.15) is 0 Å². The Labute approximate surface area is 84.5 Å². The third-order valence-electron chi connectivity index (χ3n) is 2.40. The maximum absolute atomic E-state index is 5.76. The minimum Gasteiger partial charge on any atom is -0.473 e. The van der Waals surface area contributed by atoms with Crippen molar-refractivity contribution in [3.05, 3.63) is 23.9 Å². The molecule has 2 rings (SSSR count). The maximum Gasteiger partial charge on any atom is 0.213 e. The fourth-order valence-corrected chi connectivity index (χ4v) is 1.67. The van der Waals surface area contributed by atoms with E-state index < -0.39 is 0 Å². The highest BCUT2D eigenvalue weighted by molar-refractivity contribution is 5.15. The number of pyridine rings is 1. The van der Waals surface area contributed by atoms with Crippen LogP contribution in [0.4, 0.5) is 0 Å². The van der Waals surface area contributed by atoms with Crippen molar-refractivity contribution in [2.24, 2.45) is 0 Å². The SMILES string of the molecule is Cc1cccc(OC2CCCNC2)n1. The summed E-state index contributed by atoms with van der Waals surface area (Å²) < 4.78 is 5.76. The lowest BCUT2D eigenvalue weighted by molar-refractivity contribution is 0.160.